The van der Waals surface area contributed by atoms with Crippen molar-refractivity contribution in [2.45, 2.75) is 12.0 Å². The third-order valence-corrected chi connectivity index (χ3v) is 4.19. The van der Waals surface area contributed by atoms with E-state index in [1.807, 2.05) is 30.3 Å². The fourth-order valence-electron chi connectivity index (χ4n) is 3.07. The lowest BCUT2D eigenvalue weighted by molar-refractivity contribution is 0.139. The highest BCUT2D eigenvalue weighted by atomic mass is 16.5. The number of benzene rings is 2. The molecule has 0 bridgehead atoms. The predicted molar refractivity (Wildman–Crippen MR) is 77.6 cm³/mol. The molecule has 0 aromatic heterocycles. The average molecular weight is 284 g/mol. The van der Waals surface area contributed by atoms with Crippen LogP contribution in [0.15, 0.2) is 36.4 Å². The molecule has 2 aromatic carbocycles. The largest absolute Gasteiger partial charge is 0.497 e. The smallest absolute Gasteiger partial charge is 0.138 e. The van der Waals surface area contributed by atoms with Gasteiger partial charge in [0.1, 0.15) is 29.1 Å². The van der Waals surface area contributed by atoms with Crippen molar-refractivity contribution in [2.24, 2.45) is 0 Å². The van der Waals surface area contributed by atoms with Gasteiger partial charge in [0.25, 0.3) is 0 Å². The van der Waals surface area contributed by atoms with Crippen LogP contribution in [0, 0.1) is 0 Å². The van der Waals surface area contributed by atoms with Crippen LogP contribution in [0.4, 0.5) is 0 Å². The topological polar surface area (TPSA) is 36.9 Å². The standard InChI is InChI=1S/C17H16O4/c1-18-10-4-6-13-15(7-10)20-9-14-12-5-3-11(19-2)8-16(12)21-17(13)14/h3-8,14,17H,9H2,1-2H3/t14-,17+/m0/s1. The summed E-state index contributed by atoms with van der Waals surface area (Å²) in [6.07, 6.45) is 0.00163. The molecule has 2 heterocycles. The van der Waals surface area contributed by atoms with Gasteiger partial charge in [-0.05, 0) is 18.2 Å². The highest BCUT2D eigenvalue weighted by Crippen LogP contribution is 2.52. The van der Waals surface area contributed by atoms with Gasteiger partial charge >= 0.3 is 0 Å². The van der Waals surface area contributed by atoms with Crippen molar-refractivity contribution in [1.82, 2.24) is 0 Å². The molecular formula is C17H16O4. The van der Waals surface area contributed by atoms with E-state index in [-0.39, 0.29) is 12.0 Å². The Labute approximate surface area is 123 Å². The molecule has 0 amide bonds. The van der Waals surface area contributed by atoms with Crippen LogP contribution in [0.1, 0.15) is 23.1 Å². The summed E-state index contributed by atoms with van der Waals surface area (Å²) in [7, 11) is 3.32. The molecule has 21 heavy (non-hydrogen) atoms. The molecule has 0 radical (unpaired) electrons. The summed E-state index contributed by atoms with van der Waals surface area (Å²) in [6, 6.07) is 11.9. The van der Waals surface area contributed by atoms with Crippen LogP contribution in [-0.2, 0) is 0 Å². The number of hydrogen-bond donors (Lipinski definition) is 0. The second kappa shape index (κ2) is 4.58. The van der Waals surface area contributed by atoms with Gasteiger partial charge in [-0.25, -0.2) is 0 Å². The second-order valence-corrected chi connectivity index (χ2v) is 5.26. The first-order valence-electron chi connectivity index (χ1n) is 6.95. The summed E-state index contributed by atoms with van der Waals surface area (Å²) in [5.41, 5.74) is 2.25. The molecule has 2 aliphatic heterocycles. The van der Waals surface area contributed by atoms with Gasteiger partial charge in [-0.2, -0.15) is 0 Å². The third-order valence-electron chi connectivity index (χ3n) is 4.19. The zero-order valence-electron chi connectivity index (χ0n) is 12.0. The molecule has 2 aromatic rings. The monoisotopic (exact) mass is 284 g/mol. The van der Waals surface area contributed by atoms with Crippen LogP contribution in [0.25, 0.3) is 0 Å². The molecule has 0 N–H and O–H groups in total. The maximum Gasteiger partial charge on any atom is 0.138 e. The van der Waals surface area contributed by atoms with E-state index in [0.29, 0.717) is 6.61 Å². The first-order chi connectivity index (χ1) is 10.3. The van der Waals surface area contributed by atoms with E-state index in [0.717, 1.165) is 28.6 Å². The molecule has 0 saturated carbocycles. The van der Waals surface area contributed by atoms with E-state index >= 15 is 0 Å². The summed E-state index contributed by atoms with van der Waals surface area (Å²) < 4.78 is 22.6. The van der Waals surface area contributed by atoms with Gasteiger partial charge in [0, 0.05) is 23.3 Å². The lowest BCUT2D eigenvalue weighted by Crippen LogP contribution is -2.23. The minimum absolute atomic E-state index is 0.00163. The first-order valence-corrected chi connectivity index (χ1v) is 6.95. The van der Waals surface area contributed by atoms with Gasteiger partial charge in [0.15, 0.2) is 0 Å². The summed E-state index contributed by atoms with van der Waals surface area (Å²) >= 11 is 0. The van der Waals surface area contributed by atoms with Crippen LogP contribution in [0.3, 0.4) is 0 Å². The minimum atomic E-state index is 0.00163. The zero-order valence-corrected chi connectivity index (χ0v) is 12.0. The predicted octanol–water partition coefficient (Wildman–Crippen LogP) is 3.31. The Morgan fingerprint density at radius 2 is 1.57 bits per heavy atom. The van der Waals surface area contributed by atoms with Crippen molar-refractivity contribution in [1.29, 1.82) is 0 Å². The fraction of sp³-hybridized carbons (Fsp3) is 0.294. The Bertz CT molecular complexity index is 695. The molecule has 108 valence electrons. The average Bonchev–Trinajstić information content (AvgIpc) is 2.92. The van der Waals surface area contributed by atoms with E-state index in [2.05, 4.69) is 6.07 Å². The van der Waals surface area contributed by atoms with E-state index in [1.54, 1.807) is 14.2 Å². The highest BCUT2D eigenvalue weighted by molar-refractivity contribution is 5.52. The minimum Gasteiger partial charge on any atom is -0.497 e. The van der Waals surface area contributed by atoms with Crippen molar-refractivity contribution < 1.29 is 18.9 Å². The Morgan fingerprint density at radius 1 is 0.905 bits per heavy atom. The lowest BCUT2D eigenvalue weighted by atomic mass is 9.89. The number of methoxy groups -OCH3 is 2. The Morgan fingerprint density at radius 3 is 2.29 bits per heavy atom. The van der Waals surface area contributed by atoms with Crippen LogP contribution in [0.5, 0.6) is 23.0 Å². The van der Waals surface area contributed by atoms with Crippen molar-refractivity contribution in [3.8, 4) is 23.0 Å². The molecule has 4 heteroatoms. The molecule has 2 atom stereocenters. The van der Waals surface area contributed by atoms with Crippen LogP contribution < -0.4 is 18.9 Å². The molecule has 0 spiro atoms. The molecule has 4 nitrogen and oxygen atoms in total. The van der Waals surface area contributed by atoms with Gasteiger partial charge < -0.3 is 18.9 Å². The quantitative estimate of drug-likeness (QED) is 0.847. The van der Waals surface area contributed by atoms with E-state index < -0.39 is 0 Å². The van der Waals surface area contributed by atoms with Gasteiger partial charge in [0.2, 0.25) is 0 Å². The highest BCUT2D eigenvalue weighted by Gasteiger charge is 2.40. The number of fused-ring (bicyclic) bond motifs is 5. The van der Waals surface area contributed by atoms with Crippen molar-refractivity contribution in [2.75, 3.05) is 20.8 Å². The molecule has 0 aliphatic carbocycles. The van der Waals surface area contributed by atoms with E-state index in [1.165, 1.54) is 5.56 Å². The Balaban J connectivity index is 1.74. The van der Waals surface area contributed by atoms with Gasteiger partial charge in [0.05, 0.1) is 26.7 Å². The van der Waals surface area contributed by atoms with Crippen molar-refractivity contribution in [3.63, 3.8) is 0 Å². The van der Waals surface area contributed by atoms with Crippen molar-refractivity contribution >= 4 is 0 Å². The molecular weight excluding hydrogens is 268 g/mol. The van der Waals surface area contributed by atoms with Crippen molar-refractivity contribution in [3.05, 3.63) is 47.5 Å². The Kier molecular flexibility index (Phi) is 2.70. The number of ether oxygens (including phenoxy) is 4. The SMILES string of the molecule is COc1ccc2c(c1)OC[C@H]1c3ccc(OC)cc3O[C@H]21. The second-order valence-electron chi connectivity index (χ2n) is 5.26. The van der Waals surface area contributed by atoms with Gasteiger partial charge in [-0.3, -0.25) is 0 Å². The Hall–Kier alpha value is -2.36. The number of hydrogen-bond acceptors (Lipinski definition) is 4. The fourth-order valence-corrected chi connectivity index (χ4v) is 3.07. The maximum absolute atomic E-state index is 6.15. The lowest BCUT2D eigenvalue weighted by Gasteiger charge is -2.28. The molecule has 2 aliphatic rings. The molecule has 0 saturated heterocycles. The van der Waals surface area contributed by atoms with Gasteiger partial charge in [-0.1, -0.05) is 6.07 Å². The van der Waals surface area contributed by atoms with Crippen LogP contribution in [0.2, 0.25) is 0 Å². The summed E-state index contributed by atoms with van der Waals surface area (Å²) in [6.45, 7) is 0.615. The van der Waals surface area contributed by atoms with E-state index in [4.69, 9.17) is 18.9 Å². The third kappa shape index (κ3) is 1.82. The normalized spacial score (nSPS) is 21.4. The zero-order chi connectivity index (χ0) is 14.4. The number of rotatable bonds is 2. The summed E-state index contributed by atoms with van der Waals surface area (Å²) in [5, 5.41) is 0. The van der Waals surface area contributed by atoms with Gasteiger partial charge in [-0.15, -0.1) is 0 Å². The van der Waals surface area contributed by atoms with E-state index in [9.17, 15) is 0 Å². The van der Waals surface area contributed by atoms with Crippen LogP contribution in [-0.4, -0.2) is 20.8 Å². The summed E-state index contributed by atoms with van der Waals surface area (Å²) in [4.78, 5) is 0. The first kappa shape index (κ1) is 12.4. The molecule has 4 rings (SSSR count). The van der Waals surface area contributed by atoms with Crippen LogP contribution >= 0.6 is 0 Å². The molecule has 0 fully saturated rings. The summed E-state index contributed by atoms with van der Waals surface area (Å²) in [5.74, 6) is 3.56. The molecule has 0 unspecified atom stereocenters. The maximum atomic E-state index is 6.15.